The Morgan fingerprint density at radius 1 is 1.19 bits per heavy atom. The lowest BCUT2D eigenvalue weighted by molar-refractivity contribution is -0.186. The third-order valence-corrected chi connectivity index (χ3v) is 3.32. The molecule has 0 radical (unpaired) electrons. The predicted octanol–water partition coefficient (Wildman–Crippen LogP) is 3.15. The molecule has 0 unspecified atom stereocenters. The van der Waals surface area contributed by atoms with Crippen LogP contribution in [0.15, 0.2) is 12.3 Å². The van der Waals surface area contributed by atoms with Gasteiger partial charge in [-0.1, -0.05) is 27.4 Å². The molecule has 0 aromatic carbocycles. The zero-order valence-corrected chi connectivity index (χ0v) is 13.2. The maximum atomic E-state index is 11.7. The Kier molecular flexibility index (Phi) is 6.12. The lowest BCUT2D eigenvalue weighted by atomic mass is 9.89. The van der Waals surface area contributed by atoms with Gasteiger partial charge in [0.15, 0.2) is 0 Å². The molecular formula is C16H25NO4. The fraction of sp³-hybridized carbons (Fsp3) is 0.688. The van der Waals surface area contributed by atoms with E-state index in [0.717, 1.165) is 11.5 Å². The summed E-state index contributed by atoms with van der Waals surface area (Å²) in [7, 11) is 0. The van der Waals surface area contributed by atoms with Crippen molar-refractivity contribution in [3.05, 3.63) is 12.3 Å². The highest BCUT2D eigenvalue weighted by Gasteiger charge is 2.27. The lowest BCUT2D eigenvalue weighted by Gasteiger charge is -2.17. The Bertz CT molecular complexity index is 418. The number of nitrogens with zero attached hydrogens (tertiary/aromatic N) is 1. The van der Waals surface area contributed by atoms with Crippen LogP contribution in [0, 0.1) is 5.41 Å². The number of ketones is 1. The first-order chi connectivity index (χ1) is 9.69. The molecule has 0 spiro atoms. The van der Waals surface area contributed by atoms with Crippen molar-refractivity contribution in [3.8, 4) is 0 Å². The van der Waals surface area contributed by atoms with Crippen molar-refractivity contribution in [1.82, 2.24) is 5.06 Å². The van der Waals surface area contributed by atoms with E-state index in [1.807, 2.05) is 0 Å². The molecule has 0 aromatic heterocycles. The number of hydrogen-bond acceptors (Lipinski definition) is 4. The van der Waals surface area contributed by atoms with Gasteiger partial charge in [0, 0.05) is 25.7 Å². The molecule has 118 valence electrons. The quantitative estimate of drug-likeness (QED) is 0.723. The van der Waals surface area contributed by atoms with E-state index in [-0.39, 0.29) is 23.5 Å². The summed E-state index contributed by atoms with van der Waals surface area (Å²) in [6, 6.07) is 0. The normalized spacial score (nSPS) is 15.5. The summed E-state index contributed by atoms with van der Waals surface area (Å²) >= 11 is 0. The van der Waals surface area contributed by atoms with Gasteiger partial charge in [-0.3, -0.25) is 9.59 Å². The third-order valence-electron chi connectivity index (χ3n) is 3.32. The molecule has 1 fully saturated rings. The van der Waals surface area contributed by atoms with E-state index in [9.17, 15) is 14.4 Å². The van der Waals surface area contributed by atoms with Crippen molar-refractivity contribution in [1.29, 1.82) is 0 Å². The molecule has 0 aromatic rings. The highest BCUT2D eigenvalue weighted by molar-refractivity contribution is 5.82. The van der Waals surface area contributed by atoms with E-state index < -0.39 is 5.97 Å². The average Bonchev–Trinajstić information content (AvgIpc) is 2.67. The number of hydroxylamine groups is 2. The SMILES string of the molecule is C=C1CCC(=O)N1OC(=O)CCCC(=O)CCC(C)(C)C. The largest absolute Gasteiger partial charge is 0.334 e. The molecule has 0 N–H and O–H groups in total. The Labute approximate surface area is 126 Å². The highest BCUT2D eigenvalue weighted by atomic mass is 16.7. The summed E-state index contributed by atoms with van der Waals surface area (Å²) in [5.74, 6) is -0.566. The number of carbonyl (C=O) groups excluding carboxylic acids is 3. The van der Waals surface area contributed by atoms with Gasteiger partial charge in [-0.2, -0.15) is 0 Å². The molecule has 1 saturated heterocycles. The van der Waals surface area contributed by atoms with Gasteiger partial charge in [0.2, 0.25) is 0 Å². The first-order valence-corrected chi connectivity index (χ1v) is 7.42. The Morgan fingerprint density at radius 3 is 2.38 bits per heavy atom. The second-order valence-corrected chi connectivity index (χ2v) is 6.67. The van der Waals surface area contributed by atoms with Crippen molar-refractivity contribution >= 4 is 17.7 Å². The van der Waals surface area contributed by atoms with Crippen molar-refractivity contribution in [3.63, 3.8) is 0 Å². The van der Waals surface area contributed by atoms with Gasteiger partial charge in [-0.25, -0.2) is 4.79 Å². The summed E-state index contributed by atoms with van der Waals surface area (Å²) in [5.41, 5.74) is 0.653. The summed E-state index contributed by atoms with van der Waals surface area (Å²) in [6.07, 6.45) is 3.21. The minimum atomic E-state index is -0.491. The van der Waals surface area contributed by atoms with E-state index in [1.54, 1.807) is 0 Å². The molecule has 1 rings (SSSR count). The van der Waals surface area contributed by atoms with Gasteiger partial charge >= 0.3 is 5.97 Å². The van der Waals surface area contributed by atoms with Crippen molar-refractivity contribution in [2.75, 3.05) is 0 Å². The van der Waals surface area contributed by atoms with Gasteiger partial charge in [-0.05, 0) is 24.7 Å². The van der Waals surface area contributed by atoms with E-state index in [2.05, 4.69) is 27.4 Å². The van der Waals surface area contributed by atoms with E-state index in [1.165, 1.54) is 0 Å². The first kappa shape index (κ1) is 17.4. The smallest absolute Gasteiger partial charge is 0.333 e. The van der Waals surface area contributed by atoms with Crippen LogP contribution in [0.5, 0.6) is 0 Å². The first-order valence-electron chi connectivity index (χ1n) is 7.42. The van der Waals surface area contributed by atoms with Gasteiger partial charge in [0.25, 0.3) is 5.91 Å². The molecule has 0 bridgehead atoms. The maximum absolute atomic E-state index is 11.7. The molecule has 1 aliphatic rings. The number of rotatable bonds is 7. The van der Waals surface area contributed by atoms with Gasteiger partial charge in [0.05, 0.1) is 5.70 Å². The standard InChI is InChI=1S/C16H25NO4/c1-12-8-9-14(19)17(12)21-15(20)7-5-6-13(18)10-11-16(2,3)4/h1,5-11H2,2-4H3. The minimum absolute atomic E-state index is 0.137. The second kappa shape index (κ2) is 7.38. The average molecular weight is 295 g/mol. The monoisotopic (exact) mass is 295 g/mol. The molecule has 21 heavy (non-hydrogen) atoms. The fourth-order valence-electron chi connectivity index (χ4n) is 1.96. The lowest BCUT2D eigenvalue weighted by Crippen LogP contribution is -2.26. The van der Waals surface area contributed by atoms with Crippen LogP contribution in [0.3, 0.4) is 0 Å². The van der Waals surface area contributed by atoms with Crippen LogP contribution in [0.25, 0.3) is 0 Å². The van der Waals surface area contributed by atoms with E-state index in [4.69, 9.17) is 4.84 Å². The molecule has 5 heteroatoms. The molecule has 1 heterocycles. The maximum Gasteiger partial charge on any atom is 0.333 e. The molecule has 0 atom stereocenters. The molecule has 0 aliphatic carbocycles. The van der Waals surface area contributed by atoms with Crippen LogP contribution in [-0.4, -0.2) is 22.7 Å². The second-order valence-electron chi connectivity index (χ2n) is 6.67. The van der Waals surface area contributed by atoms with E-state index >= 15 is 0 Å². The zero-order valence-electron chi connectivity index (χ0n) is 13.2. The van der Waals surface area contributed by atoms with Crippen molar-refractivity contribution < 1.29 is 19.2 Å². The predicted molar refractivity (Wildman–Crippen MR) is 78.9 cm³/mol. The number of carbonyl (C=O) groups is 3. The Morgan fingerprint density at radius 2 is 1.86 bits per heavy atom. The summed E-state index contributed by atoms with van der Waals surface area (Å²) < 4.78 is 0. The highest BCUT2D eigenvalue weighted by Crippen LogP contribution is 2.22. The van der Waals surface area contributed by atoms with Crippen LogP contribution >= 0.6 is 0 Å². The zero-order chi connectivity index (χ0) is 16.0. The van der Waals surface area contributed by atoms with Crippen molar-refractivity contribution in [2.24, 2.45) is 5.41 Å². The summed E-state index contributed by atoms with van der Waals surface area (Å²) in [5, 5.41) is 0.976. The summed E-state index contributed by atoms with van der Waals surface area (Å²) in [4.78, 5) is 39.7. The van der Waals surface area contributed by atoms with Crippen LogP contribution in [0.4, 0.5) is 0 Å². The number of hydrogen-bond donors (Lipinski definition) is 0. The topological polar surface area (TPSA) is 63.7 Å². The third kappa shape index (κ3) is 6.56. The molecule has 0 saturated carbocycles. The van der Waals surface area contributed by atoms with E-state index in [0.29, 0.717) is 37.8 Å². The Balaban J connectivity index is 2.20. The molecule has 5 nitrogen and oxygen atoms in total. The number of amides is 1. The van der Waals surface area contributed by atoms with Gasteiger partial charge in [-0.15, -0.1) is 5.06 Å². The van der Waals surface area contributed by atoms with Crippen LogP contribution in [-0.2, 0) is 19.2 Å². The number of allylic oxidation sites excluding steroid dienone is 1. The van der Waals surface area contributed by atoms with Gasteiger partial charge in [0.1, 0.15) is 5.78 Å². The Hall–Kier alpha value is -1.65. The van der Waals surface area contributed by atoms with Crippen LogP contribution < -0.4 is 0 Å². The molecule has 1 aliphatic heterocycles. The van der Waals surface area contributed by atoms with Crippen LogP contribution in [0.2, 0.25) is 0 Å². The molecular weight excluding hydrogens is 270 g/mol. The van der Waals surface area contributed by atoms with Gasteiger partial charge < -0.3 is 4.84 Å². The summed E-state index contributed by atoms with van der Waals surface area (Å²) in [6.45, 7) is 9.95. The van der Waals surface area contributed by atoms with Crippen LogP contribution in [0.1, 0.15) is 65.7 Å². The molecule has 1 amide bonds. The van der Waals surface area contributed by atoms with Crippen molar-refractivity contribution in [2.45, 2.75) is 65.7 Å². The number of Topliss-reactive ketones (excluding diaryl/α,β-unsaturated/α-hetero) is 1. The minimum Gasteiger partial charge on any atom is -0.334 e. The fourth-order valence-corrected chi connectivity index (χ4v) is 1.96.